The number of aryl methyl sites for hydroxylation is 1. The average molecular weight is 291 g/mol. The van der Waals surface area contributed by atoms with E-state index in [1.165, 1.54) is 10.6 Å². The number of aliphatic imine (C=N–C) groups is 1. The van der Waals surface area contributed by atoms with Crippen molar-refractivity contribution in [2.24, 2.45) is 16.0 Å². The molecule has 4 nitrogen and oxygen atoms in total. The van der Waals surface area contributed by atoms with Crippen molar-refractivity contribution in [1.29, 1.82) is 0 Å². The number of benzene rings is 2. The number of hydrogen-bond acceptors (Lipinski definition) is 3. The van der Waals surface area contributed by atoms with E-state index in [1.807, 2.05) is 68.4 Å². The average Bonchev–Trinajstić information content (AvgIpc) is 2.82. The van der Waals surface area contributed by atoms with Gasteiger partial charge in [-0.1, -0.05) is 35.9 Å². The first-order chi connectivity index (χ1) is 10.6. The number of carbonyl (C=O) groups excluding carboxylic acids is 1. The van der Waals surface area contributed by atoms with Gasteiger partial charge in [-0.2, -0.15) is 10.1 Å². The van der Waals surface area contributed by atoms with E-state index >= 15 is 0 Å². The number of nitrogens with zero attached hydrogens (tertiary/aromatic N) is 3. The van der Waals surface area contributed by atoms with Gasteiger partial charge in [-0.15, -0.1) is 0 Å². The molecule has 0 spiro atoms. The van der Waals surface area contributed by atoms with E-state index in [2.05, 4.69) is 10.1 Å². The van der Waals surface area contributed by atoms with Crippen molar-refractivity contribution in [2.45, 2.75) is 13.8 Å². The number of hydrazone groups is 1. The number of para-hydroxylation sites is 1. The first kappa shape index (κ1) is 14.2. The smallest absolute Gasteiger partial charge is 0.261 e. The molecule has 0 radical (unpaired) electrons. The van der Waals surface area contributed by atoms with E-state index in [0.717, 1.165) is 17.1 Å². The molecule has 1 aliphatic heterocycles. The van der Waals surface area contributed by atoms with E-state index in [4.69, 9.17) is 0 Å². The number of rotatable bonds is 3. The summed E-state index contributed by atoms with van der Waals surface area (Å²) in [6.45, 7) is 3.88. The van der Waals surface area contributed by atoms with Crippen molar-refractivity contribution in [2.75, 3.05) is 5.01 Å². The van der Waals surface area contributed by atoms with Crippen molar-refractivity contribution in [3.8, 4) is 0 Å². The van der Waals surface area contributed by atoms with Crippen LogP contribution in [-0.2, 0) is 4.79 Å². The van der Waals surface area contributed by atoms with Gasteiger partial charge in [-0.05, 0) is 38.1 Å². The van der Waals surface area contributed by atoms with Crippen LogP contribution in [0.4, 0.5) is 11.4 Å². The third-order valence-corrected chi connectivity index (χ3v) is 3.59. The molecule has 0 saturated heterocycles. The van der Waals surface area contributed by atoms with E-state index in [-0.39, 0.29) is 5.91 Å². The maximum atomic E-state index is 12.5. The van der Waals surface area contributed by atoms with Crippen LogP contribution < -0.4 is 5.01 Å². The van der Waals surface area contributed by atoms with Gasteiger partial charge in [0.15, 0.2) is 0 Å². The zero-order chi connectivity index (χ0) is 15.5. The zero-order valence-corrected chi connectivity index (χ0v) is 12.6. The SMILES string of the molecule is CC1=NN(c2ccccc2)C(=O)[C@@H]1C=Nc1ccc(C)cc1. The predicted octanol–water partition coefficient (Wildman–Crippen LogP) is 3.74. The monoisotopic (exact) mass is 291 g/mol. The third kappa shape index (κ3) is 2.81. The van der Waals surface area contributed by atoms with Gasteiger partial charge >= 0.3 is 0 Å². The van der Waals surface area contributed by atoms with Gasteiger partial charge in [0.25, 0.3) is 5.91 Å². The van der Waals surface area contributed by atoms with Gasteiger partial charge in [0, 0.05) is 6.21 Å². The fourth-order valence-electron chi connectivity index (χ4n) is 2.30. The van der Waals surface area contributed by atoms with E-state index in [9.17, 15) is 4.79 Å². The number of hydrogen-bond donors (Lipinski definition) is 0. The molecule has 2 aromatic carbocycles. The molecule has 110 valence electrons. The quantitative estimate of drug-likeness (QED) is 0.795. The van der Waals surface area contributed by atoms with Gasteiger partial charge < -0.3 is 0 Å². The Labute approximate surface area is 129 Å². The summed E-state index contributed by atoms with van der Waals surface area (Å²) in [5, 5.41) is 5.80. The molecule has 4 heteroatoms. The maximum absolute atomic E-state index is 12.5. The lowest BCUT2D eigenvalue weighted by molar-refractivity contribution is -0.118. The first-order valence-electron chi connectivity index (χ1n) is 7.20. The highest BCUT2D eigenvalue weighted by Crippen LogP contribution is 2.23. The highest BCUT2D eigenvalue weighted by Gasteiger charge is 2.32. The molecule has 0 aliphatic carbocycles. The third-order valence-electron chi connectivity index (χ3n) is 3.59. The van der Waals surface area contributed by atoms with Crippen LogP contribution in [0.5, 0.6) is 0 Å². The highest BCUT2D eigenvalue weighted by atomic mass is 16.2. The Morgan fingerprint density at radius 1 is 1.05 bits per heavy atom. The van der Waals surface area contributed by atoms with Crippen LogP contribution in [0.25, 0.3) is 0 Å². The fourth-order valence-corrected chi connectivity index (χ4v) is 2.30. The predicted molar refractivity (Wildman–Crippen MR) is 89.9 cm³/mol. The summed E-state index contributed by atoms with van der Waals surface area (Å²) in [5.41, 5.74) is 3.55. The zero-order valence-electron chi connectivity index (χ0n) is 12.6. The molecule has 0 saturated carbocycles. The second-order valence-electron chi connectivity index (χ2n) is 5.32. The molecular formula is C18H17N3O. The molecule has 0 unspecified atom stereocenters. The molecule has 1 amide bonds. The largest absolute Gasteiger partial charge is 0.271 e. The number of anilines is 1. The second-order valence-corrected chi connectivity index (χ2v) is 5.32. The van der Waals surface area contributed by atoms with Gasteiger partial charge in [0.05, 0.1) is 17.1 Å². The molecule has 0 bridgehead atoms. The van der Waals surface area contributed by atoms with Crippen LogP contribution >= 0.6 is 0 Å². The summed E-state index contributed by atoms with van der Waals surface area (Å²) in [6.07, 6.45) is 1.68. The number of carbonyl (C=O) groups is 1. The summed E-state index contributed by atoms with van der Waals surface area (Å²) in [4.78, 5) is 16.9. The molecule has 3 rings (SSSR count). The summed E-state index contributed by atoms with van der Waals surface area (Å²) in [6, 6.07) is 17.3. The Morgan fingerprint density at radius 3 is 2.41 bits per heavy atom. The van der Waals surface area contributed by atoms with Crippen LogP contribution in [-0.4, -0.2) is 17.8 Å². The second kappa shape index (κ2) is 5.93. The molecule has 0 aromatic heterocycles. The van der Waals surface area contributed by atoms with Gasteiger partial charge in [0.2, 0.25) is 0 Å². The molecule has 0 fully saturated rings. The molecule has 0 N–H and O–H groups in total. The molecule has 1 atom stereocenters. The minimum atomic E-state index is -0.401. The molecule has 22 heavy (non-hydrogen) atoms. The minimum Gasteiger partial charge on any atom is -0.271 e. The van der Waals surface area contributed by atoms with Crippen LogP contribution in [0.15, 0.2) is 64.7 Å². The number of amides is 1. The van der Waals surface area contributed by atoms with Crippen molar-refractivity contribution in [1.82, 2.24) is 0 Å². The Morgan fingerprint density at radius 2 is 1.73 bits per heavy atom. The summed E-state index contributed by atoms with van der Waals surface area (Å²) in [5.74, 6) is -0.471. The van der Waals surface area contributed by atoms with Crippen LogP contribution in [0.1, 0.15) is 12.5 Å². The van der Waals surface area contributed by atoms with Crippen LogP contribution in [0.3, 0.4) is 0 Å². The Balaban J connectivity index is 1.80. The van der Waals surface area contributed by atoms with Crippen molar-refractivity contribution >= 4 is 29.2 Å². The van der Waals surface area contributed by atoms with Crippen LogP contribution in [0, 0.1) is 12.8 Å². The molecule has 1 aliphatic rings. The van der Waals surface area contributed by atoms with Crippen molar-refractivity contribution in [3.05, 3.63) is 60.2 Å². The van der Waals surface area contributed by atoms with E-state index in [0.29, 0.717) is 0 Å². The molecule has 2 aromatic rings. The Hall–Kier alpha value is -2.75. The Kier molecular flexibility index (Phi) is 3.83. The van der Waals surface area contributed by atoms with E-state index in [1.54, 1.807) is 6.21 Å². The summed E-state index contributed by atoms with van der Waals surface area (Å²) >= 11 is 0. The van der Waals surface area contributed by atoms with Gasteiger partial charge in [0.1, 0.15) is 5.92 Å². The maximum Gasteiger partial charge on any atom is 0.261 e. The molecule has 1 heterocycles. The first-order valence-corrected chi connectivity index (χ1v) is 7.20. The molecular weight excluding hydrogens is 274 g/mol. The summed E-state index contributed by atoms with van der Waals surface area (Å²) in [7, 11) is 0. The fraction of sp³-hybridized carbons (Fsp3) is 0.167. The van der Waals surface area contributed by atoms with Gasteiger partial charge in [-0.3, -0.25) is 9.79 Å². The standard InChI is InChI=1S/C18H17N3O/c1-13-8-10-15(11-9-13)19-12-17-14(2)20-21(18(17)22)16-6-4-3-5-7-16/h3-12,17H,1-2H3/t17-/m1/s1. The lowest BCUT2D eigenvalue weighted by Gasteiger charge is -2.12. The lowest BCUT2D eigenvalue weighted by Crippen LogP contribution is -2.27. The lowest BCUT2D eigenvalue weighted by atomic mass is 10.1. The summed E-state index contributed by atoms with van der Waals surface area (Å²) < 4.78 is 0. The van der Waals surface area contributed by atoms with E-state index < -0.39 is 5.92 Å². The van der Waals surface area contributed by atoms with Crippen molar-refractivity contribution in [3.63, 3.8) is 0 Å². The normalized spacial score (nSPS) is 18.1. The topological polar surface area (TPSA) is 45.0 Å². The van der Waals surface area contributed by atoms with Crippen molar-refractivity contribution < 1.29 is 4.79 Å². The van der Waals surface area contributed by atoms with Crippen LogP contribution in [0.2, 0.25) is 0 Å². The minimum absolute atomic E-state index is 0.0699. The highest BCUT2D eigenvalue weighted by molar-refractivity contribution is 6.23. The van der Waals surface area contributed by atoms with Gasteiger partial charge in [-0.25, -0.2) is 0 Å². The Bertz CT molecular complexity index is 733.